The molecule has 1 aromatic heterocycles. The number of aromatic nitrogens is 1. The third-order valence-corrected chi connectivity index (χ3v) is 4.80. The van der Waals surface area contributed by atoms with E-state index < -0.39 is 11.9 Å². The first kappa shape index (κ1) is 17.4. The molecule has 5 nitrogen and oxygen atoms in total. The lowest BCUT2D eigenvalue weighted by molar-refractivity contribution is 0.112. The number of nitrogens with one attached hydrogen (secondary N) is 1. The van der Waals surface area contributed by atoms with Gasteiger partial charge in [0.15, 0.2) is 6.29 Å². The standard InChI is InChI=1S/C15H12BrFN2O3S/c1-22-15(21)19-7-10-11(16)4-5-12(17)13(10)23-14-9(8-20)3-2-6-18-14/h2-6,8H,7H2,1H3,(H,19,21). The largest absolute Gasteiger partial charge is 0.453 e. The fourth-order valence-electron chi connectivity index (χ4n) is 1.76. The zero-order valence-corrected chi connectivity index (χ0v) is 14.4. The Morgan fingerprint density at radius 3 is 2.96 bits per heavy atom. The molecule has 1 aromatic carbocycles. The van der Waals surface area contributed by atoms with Crippen LogP contribution in [0.2, 0.25) is 0 Å². The molecule has 0 fully saturated rings. The maximum absolute atomic E-state index is 14.3. The molecule has 0 bridgehead atoms. The molecule has 1 heterocycles. The van der Waals surface area contributed by atoms with Crippen LogP contribution in [0.5, 0.6) is 0 Å². The van der Waals surface area contributed by atoms with Crippen molar-refractivity contribution in [3.8, 4) is 0 Å². The third-order valence-electron chi connectivity index (χ3n) is 2.88. The number of aldehydes is 1. The Morgan fingerprint density at radius 1 is 1.48 bits per heavy atom. The molecule has 0 saturated carbocycles. The van der Waals surface area contributed by atoms with Gasteiger partial charge in [-0.2, -0.15) is 0 Å². The van der Waals surface area contributed by atoms with E-state index in [-0.39, 0.29) is 11.4 Å². The van der Waals surface area contributed by atoms with Crippen LogP contribution in [0.3, 0.4) is 0 Å². The summed E-state index contributed by atoms with van der Waals surface area (Å²) in [6, 6.07) is 6.08. The van der Waals surface area contributed by atoms with Crippen LogP contribution in [0, 0.1) is 5.82 Å². The van der Waals surface area contributed by atoms with Crippen LogP contribution in [0.25, 0.3) is 0 Å². The molecular formula is C15H12BrFN2O3S. The highest BCUT2D eigenvalue weighted by molar-refractivity contribution is 9.10. The van der Waals surface area contributed by atoms with Crippen LogP contribution < -0.4 is 5.32 Å². The Balaban J connectivity index is 2.38. The highest BCUT2D eigenvalue weighted by Crippen LogP contribution is 2.36. The Morgan fingerprint density at radius 2 is 2.26 bits per heavy atom. The molecule has 0 radical (unpaired) electrons. The predicted octanol–water partition coefficient (Wildman–Crippen LogP) is 3.80. The molecule has 0 saturated heterocycles. The van der Waals surface area contributed by atoms with Crippen molar-refractivity contribution in [2.45, 2.75) is 16.5 Å². The minimum atomic E-state index is -0.622. The van der Waals surface area contributed by atoms with Crippen molar-refractivity contribution in [3.63, 3.8) is 0 Å². The molecule has 2 rings (SSSR count). The molecule has 2 aromatic rings. The SMILES string of the molecule is COC(=O)NCc1c(Br)ccc(F)c1Sc1ncccc1C=O. The fraction of sp³-hybridized carbons (Fsp3) is 0.133. The lowest BCUT2D eigenvalue weighted by Crippen LogP contribution is -2.23. The van der Waals surface area contributed by atoms with Crippen molar-refractivity contribution in [1.29, 1.82) is 0 Å². The van der Waals surface area contributed by atoms with Crippen molar-refractivity contribution in [2.75, 3.05) is 7.11 Å². The van der Waals surface area contributed by atoms with Crippen LogP contribution in [0.4, 0.5) is 9.18 Å². The highest BCUT2D eigenvalue weighted by atomic mass is 79.9. The topological polar surface area (TPSA) is 68.3 Å². The molecule has 8 heteroatoms. The first-order valence-electron chi connectivity index (χ1n) is 6.43. The second-order valence-electron chi connectivity index (χ2n) is 4.30. The summed E-state index contributed by atoms with van der Waals surface area (Å²) in [5.41, 5.74) is 0.895. The van der Waals surface area contributed by atoms with E-state index in [1.165, 1.54) is 19.4 Å². The number of halogens is 2. The predicted molar refractivity (Wildman–Crippen MR) is 87.1 cm³/mol. The van der Waals surface area contributed by atoms with Crippen molar-refractivity contribution in [1.82, 2.24) is 10.3 Å². The van der Waals surface area contributed by atoms with Gasteiger partial charge in [0.1, 0.15) is 10.8 Å². The van der Waals surface area contributed by atoms with Gasteiger partial charge in [-0.05, 0) is 24.3 Å². The van der Waals surface area contributed by atoms with Crippen molar-refractivity contribution >= 4 is 40.1 Å². The van der Waals surface area contributed by atoms with E-state index in [4.69, 9.17) is 0 Å². The van der Waals surface area contributed by atoms with Gasteiger partial charge in [-0.15, -0.1) is 0 Å². The number of benzene rings is 1. The maximum atomic E-state index is 14.3. The van der Waals surface area contributed by atoms with E-state index in [0.29, 0.717) is 26.9 Å². The van der Waals surface area contributed by atoms with Gasteiger partial charge in [0.2, 0.25) is 0 Å². The van der Waals surface area contributed by atoms with Crippen LogP contribution in [-0.2, 0) is 11.3 Å². The summed E-state index contributed by atoms with van der Waals surface area (Å²) in [5.74, 6) is -0.470. The number of rotatable bonds is 5. The van der Waals surface area contributed by atoms with Crippen LogP contribution in [-0.4, -0.2) is 24.5 Å². The first-order valence-corrected chi connectivity index (χ1v) is 8.04. The van der Waals surface area contributed by atoms with Crippen LogP contribution in [0.1, 0.15) is 15.9 Å². The summed E-state index contributed by atoms with van der Waals surface area (Å²) in [5, 5.41) is 2.90. The molecule has 0 atom stereocenters. The number of pyridine rings is 1. The number of alkyl carbamates (subject to hydrolysis) is 1. The number of nitrogens with zero attached hydrogens (tertiary/aromatic N) is 1. The molecule has 1 N–H and O–H groups in total. The van der Waals surface area contributed by atoms with Gasteiger partial charge in [-0.25, -0.2) is 14.2 Å². The lowest BCUT2D eigenvalue weighted by atomic mass is 10.2. The number of hydrogen-bond donors (Lipinski definition) is 1. The Labute approximate surface area is 144 Å². The normalized spacial score (nSPS) is 10.2. The average molecular weight is 399 g/mol. The number of methoxy groups -OCH3 is 1. The van der Waals surface area contributed by atoms with Crippen LogP contribution in [0.15, 0.2) is 44.9 Å². The van der Waals surface area contributed by atoms with Gasteiger partial charge in [-0.1, -0.05) is 27.7 Å². The van der Waals surface area contributed by atoms with Gasteiger partial charge < -0.3 is 10.1 Å². The summed E-state index contributed by atoms with van der Waals surface area (Å²) in [6.07, 6.45) is 1.57. The average Bonchev–Trinajstić information content (AvgIpc) is 2.57. The molecule has 0 unspecified atom stereocenters. The number of carbonyl (C=O) groups excluding carboxylic acids is 2. The van der Waals surface area contributed by atoms with Gasteiger partial charge in [0.25, 0.3) is 0 Å². The van der Waals surface area contributed by atoms with Gasteiger partial charge in [0, 0.05) is 28.3 Å². The Hall–Kier alpha value is -1.93. The van der Waals surface area contributed by atoms with E-state index in [1.54, 1.807) is 18.2 Å². The van der Waals surface area contributed by atoms with Gasteiger partial charge in [-0.3, -0.25) is 4.79 Å². The Kier molecular flexibility index (Phi) is 6.12. The van der Waals surface area contributed by atoms with Crippen molar-refractivity contribution in [2.24, 2.45) is 0 Å². The van der Waals surface area contributed by atoms with E-state index in [9.17, 15) is 14.0 Å². The van der Waals surface area contributed by atoms with E-state index in [0.717, 1.165) is 11.8 Å². The molecule has 120 valence electrons. The monoisotopic (exact) mass is 398 g/mol. The molecule has 23 heavy (non-hydrogen) atoms. The van der Waals surface area contributed by atoms with E-state index in [2.05, 4.69) is 31.0 Å². The molecule has 0 aliphatic rings. The van der Waals surface area contributed by atoms with E-state index >= 15 is 0 Å². The number of ether oxygens (including phenoxy) is 1. The maximum Gasteiger partial charge on any atom is 0.407 e. The van der Waals surface area contributed by atoms with Crippen molar-refractivity contribution in [3.05, 3.63) is 51.9 Å². The summed E-state index contributed by atoms with van der Waals surface area (Å²) in [4.78, 5) is 26.7. The minimum Gasteiger partial charge on any atom is -0.453 e. The molecular weight excluding hydrogens is 387 g/mol. The van der Waals surface area contributed by atoms with Crippen LogP contribution >= 0.6 is 27.7 Å². The van der Waals surface area contributed by atoms with Gasteiger partial charge >= 0.3 is 6.09 Å². The third kappa shape index (κ3) is 4.29. The molecule has 0 aliphatic heterocycles. The second kappa shape index (κ2) is 8.07. The summed E-state index contributed by atoms with van der Waals surface area (Å²) >= 11 is 4.37. The second-order valence-corrected chi connectivity index (χ2v) is 6.15. The number of amides is 1. The molecule has 1 amide bonds. The molecule has 0 spiro atoms. The van der Waals surface area contributed by atoms with Crippen molar-refractivity contribution < 1.29 is 18.7 Å². The fourth-order valence-corrected chi connectivity index (χ4v) is 3.37. The quantitative estimate of drug-likeness (QED) is 0.775. The van der Waals surface area contributed by atoms with E-state index in [1.807, 2.05) is 0 Å². The number of carbonyl (C=O) groups is 2. The smallest absolute Gasteiger partial charge is 0.407 e. The zero-order valence-electron chi connectivity index (χ0n) is 12.0. The number of hydrogen-bond acceptors (Lipinski definition) is 5. The lowest BCUT2D eigenvalue weighted by Gasteiger charge is -2.13. The summed E-state index contributed by atoms with van der Waals surface area (Å²) < 4.78 is 19.4. The highest BCUT2D eigenvalue weighted by Gasteiger charge is 2.17. The first-order chi connectivity index (χ1) is 11.1. The zero-order chi connectivity index (χ0) is 16.8. The Bertz CT molecular complexity index is 743. The minimum absolute atomic E-state index is 0.0661. The summed E-state index contributed by atoms with van der Waals surface area (Å²) in [6.45, 7) is 0.0661. The van der Waals surface area contributed by atoms with Gasteiger partial charge in [0.05, 0.1) is 12.0 Å². The summed E-state index contributed by atoms with van der Waals surface area (Å²) in [7, 11) is 1.25. The molecule has 0 aliphatic carbocycles.